The summed E-state index contributed by atoms with van der Waals surface area (Å²) in [5, 5.41) is 3.20. The summed E-state index contributed by atoms with van der Waals surface area (Å²) in [4.78, 5) is 26.2. The highest BCUT2D eigenvalue weighted by molar-refractivity contribution is 5.85. The summed E-state index contributed by atoms with van der Waals surface area (Å²) in [7, 11) is 0. The number of carbonyl (C=O) groups excluding carboxylic acids is 2. The molecule has 3 rings (SSSR count). The first kappa shape index (κ1) is 15.1. The van der Waals surface area contributed by atoms with Crippen LogP contribution in [0, 0.1) is 0 Å². The minimum absolute atomic E-state index is 0.0289. The van der Waals surface area contributed by atoms with Crippen LogP contribution in [-0.4, -0.2) is 29.8 Å². The first-order chi connectivity index (χ1) is 10.7. The zero-order valence-corrected chi connectivity index (χ0v) is 13.0. The Hall–Kier alpha value is -1.84. The van der Waals surface area contributed by atoms with E-state index >= 15 is 0 Å². The lowest BCUT2D eigenvalue weighted by molar-refractivity contribution is -0.136. The molecule has 0 unspecified atom stereocenters. The summed E-state index contributed by atoms with van der Waals surface area (Å²) < 4.78 is 0. The van der Waals surface area contributed by atoms with Crippen LogP contribution in [0.2, 0.25) is 0 Å². The molecule has 0 bridgehead atoms. The van der Waals surface area contributed by atoms with Gasteiger partial charge in [-0.05, 0) is 37.7 Å². The second kappa shape index (κ2) is 6.51. The maximum absolute atomic E-state index is 12.4. The Labute approximate surface area is 131 Å². The lowest BCUT2D eigenvalue weighted by Gasteiger charge is -2.43. The molecule has 118 valence electrons. The molecule has 1 N–H and O–H groups in total. The summed E-state index contributed by atoms with van der Waals surface area (Å²) in [5.41, 5.74) is 0.963. The van der Waals surface area contributed by atoms with Crippen LogP contribution in [0.15, 0.2) is 30.3 Å². The monoisotopic (exact) mass is 300 g/mol. The van der Waals surface area contributed by atoms with E-state index in [1.54, 1.807) is 4.90 Å². The molecule has 1 aliphatic heterocycles. The summed E-state index contributed by atoms with van der Waals surface area (Å²) in [6, 6.07) is 10.2. The van der Waals surface area contributed by atoms with Gasteiger partial charge in [-0.15, -0.1) is 0 Å². The third kappa shape index (κ3) is 3.16. The van der Waals surface area contributed by atoms with Crippen LogP contribution < -0.4 is 5.32 Å². The van der Waals surface area contributed by atoms with E-state index in [0.29, 0.717) is 13.0 Å². The Morgan fingerprint density at radius 1 is 1.09 bits per heavy atom. The molecule has 22 heavy (non-hydrogen) atoms. The van der Waals surface area contributed by atoms with Crippen molar-refractivity contribution in [2.24, 2.45) is 0 Å². The maximum atomic E-state index is 12.4. The lowest BCUT2D eigenvalue weighted by Crippen LogP contribution is -2.53. The molecular weight excluding hydrogens is 276 g/mol. The zero-order chi connectivity index (χ0) is 15.4. The van der Waals surface area contributed by atoms with Crippen LogP contribution in [0.5, 0.6) is 0 Å². The van der Waals surface area contributed by atoms with Gasteiger partial charge in [0.2, 0.25) is 11.8 Å². The SMILES string of the molecule is O=C(CN1CCCCCC1=O)NC1(c2ccccc2)CCC1. The molecule has 1 aliphatic carbocycles. The molecule has 0 atom stereocenters. The van der Waals surface area contributed by atoms with Gasteiger partial charge in [-0.2, -0.15) is 0 Å². The fraction of sp³-hybridized carbons (Fsp3) is 0.556. The van der Waals surface area contributed by atoms with E-state index in [1.165, 1.54) is 5.56 Å². The topological polar surface area (TPSA) is 49.4 Å². The molecule has 1 saturated heterocycles. The minimum atomic E-state index is -0.215. The van der Waals surface area contributed by atoms with E-state index in [0.717, 1.165) is 38.5 Å². The summed E-state index contributed by atoms with van der Waals surface area (Å²) >= 11 is 0. The van der Waals surface area contributed by atoms with Crippen LogP contribution in [0.3, 0.4) is 0 Å². The van der Waals surface area contributed by atoms with E-state index in [9.17, 15) is 9.59 Å². The van der Waals surface area contributed by atoms with Crippen LogP contribution in [0.1, 0.15) is 50.5 Å². The highest BCUT2D eigenvalue weighted by Crippen LogP contribution is 2.41. The zero-order valence-electron chi connectivity index (χ0n) is 13.0. The number of likely N-dealkylation sites (tertiary alicyclic amines) is 1. The number of hydrogen-bond donors (Lipinski definition) is 1. The van der Waals surface area contributed by atoms with Crippen molar-refractivity contribution < 1.29 is 9.59 Å². The Bertz CT molecular complexity index is 537. The predicted molar refractivity (Wildman–Crippen MR) is 85.2 cm³/mol. The number of benzene rings is 1. The van der Waals surface area contributed by atoms with Gasteiger partial charge in [0, 0.05) is 13.0 Å². The lowest BCUT2D eigenvalue weighted by atomic mass is 9.72. The predicted octanol–water partition coefficient (Wildman–Crippen LogP) is 2.58. The second-order valence-electron chi connectivity index (χ2n) is 6.48. The smallest absolute Gasteiger partial charge is 0.240 e. The third-order valence-corrected chi connectivity index (χ3v) is 4.92. The van der Waals surface area contributed by atoms with Gasteiger partial charge in [0.25, 0.3) is 0 Å². The summed E-state index contributed by atoms with van der Waals surface area (Å²) in [6.45, 7) is 0.915. The van der Waals surface area contributed by atoms with Gasteiger partial charge in [0.15, 0.2) is 0 Å². The molecule has 0 aromatic heterocycles. The van der Waals surface area contributed by atoms with Crippen LogP contribution in [0.4, 0.5) is 0 Å². The van der Waals surface area contributed by atoms with Gasteiger partial charge in [0.05, 0.1) is 12.1 Å². The standard InChI is InChI=1S/C18H24N2O2/c21-16(14-20-13-6-2-5-10-17(20)22)19-18(11-7-12-18)15-8-3-1-4-9-15/h1,3-4,8-9H,2,5-7,10-14H2,(H,19,21). The number of rotatable bonds is 4. The van der Waals surface area contributed by atoms with Crippen molar-refractivity contribution in [3.63, 3.8) is 0 Å². The number of carbonyl (C=O) groups is 2. The molecule has 1 saturated carbocycles. The van der Waals surface area contributed by atoms with Crippen molar-refractivity contribution >= 4 is 11.8 Å². The number of hydrogen-bond acceptors (Lipinski definition) is 2. The molecule has 1 aromatic rings. The van der Waals surface area contributed by atoms with Crippen molar-refractivity contribution in [3.05, 3.63) is 35.9 Å². The second-order valence-corrected chi connectivity index (χ2v) is 6.48. The average Bonchev–Trinajstić information content (AvgIpc) is 2.69. The molecule has 4 nitrogen and oxygen atoms in total. The van der Waals surface area contributed by atoms with Gasteiger partial charge >= 0.3 is 0 Å². The quantitative estimate of drug-likeness (QED) is 0.929. The van der Waals surface area contributed by atoms with E-state index in [-0.39, 0.29) is 23.9 Å². The largest absolute Gasteiger partial charge is 0.345 e. The van der Waals surface area contributed by atoms with Gasteiger partial charge in [-0.3, -0.25) is 9.59 Å². The average molecular weight is 300 g/mol. The number of nitrogens with zero attached hydrogens (tertiary/aromatic N) is 1. The molecule has 2 fully saturated rings. The fourth-order valence-electron chi connectivity index (χ4n) is 3.46. The van der Waals surface area contributed by atoms with Gasteiger partial charge in [0.1, 0.15) is 0 Å². The van der Waals surface area contributed by atoms with Gasteiger partial charge < -0.3 is 10.2 Å². The van der Waals surface area contributed by atoms with E-state index < -0.39 is 0 Å². The molecule has 0 radical (unpaired) electrons. The number of nitrogens with one attached hydrogen (secondary N) is 1. The molecule has 2 aliphatic rings. The normalized spacial score (nSPS) is 20.9. The number of amides is 2. The van der Waals surface area contributed by atoms with Crippen LogP contribution >= 0.6 is 0 Å². The van der Waals surface area contributed by atoms with Crippen molar-refractivity contribution in [1.82, 2.24) is 10.2 Å². The fourth-order valence-corrected chi connectivity index (χ4v) is 3.46. The highest BCUT2D eigenvalue weighted by atomic mass is 16.2. The molecule has 2 amide bonds. The molecular formula is C18H24N2O2. The van der Waals surface area contributed by atoms with E-state index in [2.05, 4.69) is 17.4 Å². The van der Waals surface area contributed by atoms with Crippen molar-refractivity contribution in [2.45, 2.75) is 50.5 Å². The van der Waals surface area contributed by atoms with E-state index in [1.807, 2.05) is 18.2 Å². The van der Waals surface area contributed by atoms with Crippen LogP contribution in [0.25, 0.3) is 0 Å². The van der Waals surface area contributed by atoms with Crippen molar-refractivity contribution in [3.8, 4) is 0 Å². The van der Waals surface area contributed by atoms with E-state index in [4.69, 9.17) is 0 Å². The minimum Gasteiger partial charge on any atom is -0.345 e. The summed E-state index contributed by atoms with van der Waals surface area (Å²) in [5.74, 6) is 0.0915. The van der Waals surface area contributed by atoms with Gasteiger partial charge in [-0.25, -0.2) is 0 Å². The third-order valence-electron chi connectivity index (χ3n) is 4.92. The Morgan fingerprint density at radius 3 is 2.55 bits per heavy atom. The highest BCUT2D eigenvalue weighted by Gasteiger charge is 2.40. The first-order valence-corrected chi connectivity index (χ1v) is 8.34. The molecule has 1 aromatic carbocycles. The Morgan fingerprint density at radius 2 is 1.86 bits per heavy atom. The Kier molecular flexibility index (Phi) is 4.46. The molecule has 1 heterocycles. The Balaban J connectivity index is 1.64. The van der Waals surface area contributed by atoms with Crippen LogP contribution in [-0.2, 0) is 15.1 Å². The van der Waals surface area contributed by atoms with Crippen molar-refractivity contribution in [1.29, 1.82) is 0 Å². The molecule has 0 spiro atoms. The van der Waals surface area contributed by atoms with Gasteiger partial charge in [-0.1, -0.05) is 36.8 Å². The summed E-state index contributed by atoms with van der Waals surface area (Å²) in [6.07, 6.45) is 6.72. The van der Waals surface area contributed by atoms with Crippen molar-refractivity contribution in [2.75, 3.05) is 13.1 Å². The maximum Gasteiger partial charge on any atom is 0.240 e. The first-order valence-electron chi connectivity index (χ1n) is 8.34. The molecule has 4 heteroatoms.